The first-order valence-electron chi connectivity index (χ1n) is 3.93. The summed E-state index contributed by atoms with van der Waals surface area (Å²) in [5, 5.41) is 0. The Bertz CT molecular complexity index is 216. The summed E-state index contributed by atoms with van der Waals surface area (Å²) < 4.78 is 61.5. The van der Waals surface area contributed by atoms with Crippen molar-refractivity contribution in [1.82, 2.24) is 0 Å². The summed E-state index contributed by atoms with van der Waals surface area (Å²) in [6.45, 7) is 0. The maximum Gasteiger partial charge on any atom is 0.527 e. The first-order valence-corrected chi connectivity index (χ1v) is 4.46. The first-order chi connectivity index (χ1) is 6.69. The Balaban J connectivity index is 4.14. The Labute approximate surface area is 87.3 Å². The number of Topliss-reactive ketones (excluding diaryl/α,β-unsaturated/α-hetero) is 1. The summed E-state index contributed by atoms with van der Waals surface area (Å²) in [7, 11) is 0. The SMILES string of the molecule is O=C(CCCCCl)C(F)(F)OC(F)(F)F. The van der Waals surface area contributed by atoms with Gasteiger partial charge in [0.1, 0.15) is 0 Å². The molecule has 0 unspecified atom stereocenters. The number of alkyl halides is 6. The molecule has 0 aromatic heterocycles. The van der Waals surface area contributed by atoms with E-state index >= 15 is 0 Å². The molecular formula is C7H8ClF5O2. The Morgan fingerprint density at radius 1 is 1.13 bits per heavy atom. The topological polar surface area (TPSA) is 26.3 Å². The molecule has 0 aliphatic rings. The van der Waals surface area contributed by atoms with Crippen molar-refractivity contribution in [2.45, 2.75) is 31.7 Å². The van der Waals surface area contributed by atoms with Crippen molar-refractivity contribution in [1.29, 1.82) is 0 Å². The van der Waals surface area contributed by atoms with Gasteiger partial charge < -0.3 is 0 Å². The average Bonchev–Trinajstić information content (AvgIpc) is 2.00. The summed E-state index contributed by atoms with van der Waals surface area (Å²) in [5.74, 6) is -1.75. The van der Waals surface area contributed by atoms with Crippen molar-refractivity contribution in [2.75, 3.05) is 5.88 Å². The number of carbonyl (C=O) groups excluding carboxylic acids is 1. The third-order valence-corrected chi connectivity index (χ3v) is 1.62. The van der Waals surface area contributed by atoms with Crippen LogP contribution in [0.3, 0.4) is 0 Å². The van der Waals surface area contributed by atoms with Crippen molar-refractivity contribution in [3.05, 3.63) is 0 Å². The molecule has 0 bridgehead atoms. The molecule has 0 aromatic carbocycles. The lowest BCUT2D eigenvalue weighted by Gasteiger charge is -2.16. The van der Waals surface area contributed by atoms with Crippen molar-refractivity contribution < 1.29 is 31.5 Å². The molecule has 0 aliphatic heterocycles. The zero-order chi connectivity index (χ0) is 12.1. The Hall–Kier alpha value is -0.430. The van der Waals surface area contributed by atoms with E-state index in [0.717, 1.165) is 0 Å². The molecule has 2 nitrogen and oxygen atoms in total. The minimum Gasteiger partial charge on any atom is -0.290 e. The van der Waals surface area contributed by atoms with E-state index in [9.17, 15) is 26.7 Å². The molecule has 0 fully saturated rings. The van der Waals surface area contributed by atoms with Crippen LogP contribution in [-0.4, -0.2) is 24.1 Å². The molecule has 0 spiro atoms. The lowest BCUT2D eigenvalue weighted by Crippen LogP contribution is -2.37. The second-order valence-electron chi connectivity index (χ2n) is 2.63. The van der Waals surface area contributed by atoms with Gasteiger partial charge in [-0.3, -0.25) is 4.79 Å². The van der Waals surface area contributed by atoms with Crippen molar-refractivity contribution in [3.63, 3.8) is 0 Å². The van der Waals surface area contributed by atoms with Gasteiger partial charge in [0, 0.05) is 12.3 Å². The monoisotopic (exact) mass is 254 g/mol. The van der Waals surface area contributed by atoms with E-state index in [0.29, 0.717) is 0 Å². The number of hydrogen-bond donors (Lipinski definition) is 0. The zero-order valence-electron chi connectivity index (χ0n) is 7.41. The Kier molecular flexibility index (Phi) is 5.44. The van der Waals surface area contributed by atoms with Crippen LogP contribution in [0.1, 0.15) is 19.3 Å². The maximum absolute atomic E-state index is 12.4. The van der Waals surface area contributed by atoms with Gasteiger partial charge >= 0.3 is 12.5 Å². The van der Waals surface area contributed by atoms with Crippen LogP contribution in [0.4, 0.5) is 22.0 Å². The van der Waals surface area contributed by atoms with Gasteiger partial charge in [-0.25, -0.2) is 4.74 Å². The number of ketones is 1. The van der Waals surface area contributed by atoms with E-state index in [1.807, 2.05) is 0 Å². The molecular weight excluding hydrogens is 247 g/mol. The molecule has 0 atom stereocenters. The molecule has 0 heterocycles. The summed E-state index contributed by atoms with van der Waals surface area (Å²) >= 11 is 5.20. The summed E-state index contributed by atoms with van der Waals surface area (Å²) in [5.41, 5.74) is 0. The minimum atomic E-state index is -5.54. The number of halogens is 6. The molecule has 15 heavy (non-hydrogen) atoms. The molecule has 0 rings (SSSR count). The van der Waals surface area contributed by atoms with E-state index in [1.54, 1.807) is 0 Å². The number of ether oxygens (including phenoxy) is 1. The van der Waals surface area contributed by atoms with Gasteiger partial charge in [-0.1, -0.05) is 0 Å². The predicted octanol–water partition coefficient (Wildman–Crippen LogP) is 3.09. The van der Waals surface area contributed by atoms with Crippen molar-refractivity contribution in [2.24, 2.45) is 0 Å². The van der Waals surface area contributed by atoms with E-state index in [1.165, 1.54) is 0 Å². The summed E-state index contributed by atoms with van der Waals surface area (Å²) in [6, 6.07) is 0. The quantitative estimate of drug-likeness (QED) is 0.414. The van der Waals surface area contributed by atoms with Crippen LogP contribution < -0.4 is 0 Å². The number of rotatable bonds is 6. The van der Waals surface area contributed by atoms with Gasteiger partial charge in [0.15, 0.2) is 0 Å². The predicted molar refractivity (Wildman–Crippen MR) is 41.7 cm³/mol. The second kappa shape index (κ2) is 5.60. The van der Waals surface area contributed by atoms with Crippen molar-refractivity contribution >= 4 is 17.4 Å². The van der Waals surface area contributed by atoms with Gasteiger partial charge in [0.25, 0.3) is 0 Å². The van der Waals surface area contributed by atoms with Crippen LogP contribution >= 0.6 is 11.6 Å². The largest absolute Gasteiger partial charge is 0.527 e. The van der Waals surface area contributed by atoms with Gasteiger partial charge in [-0.15, -0.1) is 24.8 Å². The Morgan fingerprint density at radius 3 is 2.07 bits per heavy atom. The van der Waals surface area contributed by atoms with Crippen LogP contribution in [0.25, 0.3) is 0 Å². The fourth-order valence-electron chi connectivity index (χ4n) is 0.728. The van der Waals surface area contributed by atoms with Crippen LogP contribution in [0, 0.1) is 0 Å². The third kappa shape index (κ3) is 6.62. The standard InChI is InChI=1S/C7H8ClF5O2/c8-4-2-1-3-5(14)6(9,10)15-7(11,12)13/h1-4H2. The molecule has 0 saturated carbocycles. The normalized spacial score (nSPS) is 12.9. The maximum atomic E-state index is 12.4. The number of unbranched alkanes of at least 4 members (excludes halogenated alkanes) is 1. The molecule has 0 aliphatic carbocycles. The van der Waals surface area contributed by atoms with Gasteiger partial charge in [-0.05, 0) is 12.8 Å². The zero-order valence-corrected chi connectivity index (χ0v) is 8.17. The molecule has 0 aromatic rings. The second-order valence-corrected chi connectivity index (χ2v) is 3.01. The lowest BCUT2D eigenvalue weighted by molar-refractivity contribution is -0.409. The highest BCUT2D eigenvalue weighted by Gasteiger charge is 2.49. The highest BCUT2D eigenvalue weighted by atomic mass is 35.5. The molecule has 0 N–H and O–H groups in total. The number of hydrogen-bond acceptors (Lipinski definition) is 2. The van der Waals surface area contributed by atoms with Crippen LogP contribution in [0.2, 0.25) is 0 Å². The van der Waals surface area contributed by atoms with E-state index < -0.39 is 24.7 Å². The third-order valence-electron chi connectivity index (χ3n) is 1.36. The summed E-state index contributed by atoms with van der Waals surface area (Å²) in [4.78, 5) is 10.6. The van der Waals surface area contributed by atoms with E-state index in [4.69, 9.17) is 11.6 Å². The smallest absolute Gasteiger partial charge is 0.290 e. The van der Waals surface area contributed by atoms with E-state index in [-0.39, 0.29) is 18.7 Å². The average molecular weight is 255 g/mol. The highest BCUT2D eigenvalue weighted by Crippen LogP contribution is 2.29. The van der Waals surface area contributed by atoms with Gasteiger partial charge in [0.05, 0.1) is 0 Å². The fourth-order valence-corrected chi connectivity index (χ4v) is 0.917. The van der Waals surface area contributed by atoms with Crippen LogP contribution in [0.5, 0.6) is 0 Å². The van der Waals surface area contributed by atoms with Gasteiger partial charge in [0.2, 0.25) is 5.78 Å². The minimum absolute atomic E-state index is 0.000853. The molecule has 8 heteroatoms. The Morgan fingerprint density at radius 2 is 1.67 bits per heavy atom. The van der Waals surface area contributed by atoms with Crippen LogP contribution in [-0.2, 0) is 9.53 Å². The summed E-state index contributed by atoms with van der Waals surface area (Å²) in [6.07, 6.45) is -10.8. The van der Waals surface area contributed by atoms with E-state index in [2.05, 4.69) is 4.74 Å². The first kappa shape index (κ1) is 14.6. The molecule has 0 saturated heterocycles. The van der Waals surface area contributed by atoms with Crippen molar-refractivity contribution in [3.8, 4) is 0 Å². The highest BCUT2D eigenvalue weighted by molar-refractivity contribution is 6.17. The van der Waals surface area contributed by atoms with Gasteiger partial charge in [-0.2, -0.15) is 8.78 Å². The molecule has 0 amide bonds. The number of carbonyl (C=O) groups is 1. The fraction of sp³-hybridized carbons (Fsp3) is 0.857. The molecule has 90 valence electrons. The molecule has 0 radical (unpaired) electrons. The lowest BCUT2D eigenvalue weighted by atomic mass is 10.2. The van der Waals surface area contributed by atoms with Crippen LogP contribution in [0.15, 0.2) is 0 Å².